The Balaban J connectivity index is 2.49. The van der Waals surface area contributed by atoms with E-state index in [0.717, 1.165) is 27.3 Å². The molecule has 0 atom stereocenters. The number of hydrogen-bond donors (Lipinski definition) is 0. The van der Waals surface area contributed by atoms with Gasteiger partial charge < -0.3 is 0 Å². The molecule has 0 unspecified atom stereocenters. The van der Waals surface area contributed by atoms with Crippen LogP contribution in [0.5, 0.6) is 0 Å². The number of rotatable bonds is 0. The first-order valence-corrected chi connectivity index (χ1v) is 6.43. The minimum absolute atomic E-state index is 0.917. The van der Waals surface area contributed by atoms with Crippen molar-refractivity contribution >= 4 is 31.8 Å². The van der Waals surface area contributed by atoms with Crippen molar-refractivity contribution in [3.8, 4) is 23.8 Å². The number of fused-ring (bicyclic) bond motifs is 2. The van der Waals surface area contributed by atoms with Crippen molar-refractivity contribution in [3.63, 3.8) is 0 Å². The van der Waals surface area contributed by atoms with Crippen molar-refractivity contribution in [1.29, 1.82) is 0 Å². The van der Waals surface area contributed by atoms with Crippen LogP contribution in [0, 0.1) is 23.8 Å². The van der Waals surface area contributed by atoms with E-state index in [4.69, 9.17) is 6.42 Å². The lowest BCUT2D eigenvalue weighted by Gasteiger charge is -2.06. The molecule has 0 saturated carbocycles. The third kappa shape index (κ3) is 1.91. The van der Waals surface area contributed by atoms with Gasteiger partial charge in [-0.3, -0.25) is 0 Å². The van der Waals surface area contributed by atoms with Crippen LogP contribution in [0.4, 0.5) is 0 Å². The van der Waals surface area contributed by atoms with Gasteiger partial charge in [0.2, 0.25) is 0 Å². The van der Waals surface area contributed by atoms with Gasteiger partial charge in [-0.05, 0) is 45.8 Å². The lowest BCUT2D eigenvalue weighted by atomic mass is 9.97. The van der Waals surface area contributed by atoms with Crippen LogP contribution in [0.2, 0.25) is 0 Å². The third-order valence-electron chi connectivity index (χ3n) is 3.23. The lowest BCUT2D eigenvalue weighted by molar-refractivity contribution is 1.70. The summed E-state index contributed by atoms with van der Waals surface area (Å²) in [5.74, 6) is 5.81. The molecule has 19 heavy (non-hydrogen) atoms. The van der Waals surface area contributed by atoms with Crippen molar-refractivity contribution in [2.75, 3.05) is 0 Å². The number of hydrogen-bond acceptors (Lipinski definition) is 0. The van der Waals surface area contributed by atoms with E-state index in [1.165, 1.54) is 5.39 Å². The highest BCUT2D eigenvalue weighted by molar-refractivity contribution is 6.22. The standard InChI is InChI=1S/C18H9Si/c1-2-13-5-3-7-15-11-16-8-4-6-14(9-10-19)18(16)12-17(13)15/h1,3-8,11-12H. The first kappa shape index (κ1) is 11.6. The van der Waals surface area contributed by atoms with Gasteiger partial charge >= 0.3 is 0 Å². The van der Waals surface area contributed by atoms with Crippen LogP contribution in [0.15, 0.2) is 48.5 Å². The van der Waals surface area contributed by atoms with Gasteiger partial charge in [-0.2, -0.15) is 0 Å². The highest BCUT2D eigenvalue weighted by Gasteiger charge is 2.04. The quantitative estimate of drug-likeness (QED) is 0.327. The molecule has 0 N–H and O–H groups in total. The van der Waals surface area contributed by atoms with Crippen molar-refractivity contribution in [2.24, 2.45) is 0 Å². The summed E-state index contributed by atoms with van der Waals surface area (Å²) in [4.78, 5) is 0. The van der Waals surface area contributed by atoms with Crippen LogP contribution in [-0.4, -0.2) is 10.2 Å². The molecule has 0 aromatic heterocycles. The lowest BCUT2D eigenvalue weighted by Crippen LogP contribution is -1.84. The predicted octanol–water partition coefficient (Wildman–Crippen LogP) is 3.45. The van der Waals surface area contributed by atoms with Gasteiger partial charge in [0.1, 0.15) is 10.2 Å². The fourth-order valence-electron chi connectivity index (χ4n) is 2.35. The largest absolute Gasteiger partial charge is 0.147 e. The highest BCUT2D eigenvalue weighted by Crippen LogP contribution is 2.27. The Morgan fingerprint density at radius 2 is 1.47 bits per heavy atom. The van der Waals surface area contributed by atoms with Gasteiger partial charge in [-0.1, -0.05) is 36.1 Å². The summed E-state index contributed by atoms with van der Waals surface area (Å²) < 4.78 is 0. The van der Waals surface area contributed by atoms with Gasteiger partial charge in [0, 0.05) is 11.1 Å². The summed E-state index contributed by atoms with van der Waals surface area (Å²) in [6.07, 6.45) is 5.57. The molecule has 0 aliphatic heterocycles. The van der Waals surface area contributed by atoms with E-state index in [1.807, 2.05) is 24.3 Å². The Hall–Kier alpha value is -2.48. The van der Waals surface area contributed by atoms with Crippen LogP contribution in [0.3, 0.4) is 0 Å². The molecule has 1 heteroatoms. The Labute approximate surface area is 115 Å². The van der Waals surface area contributed by atoms with Crippen molar-refractivity contribution < 1.29 is 0 Å². The maximum atomic E-state index is 5.57. The first-order chi connectivity index (χ1) is 9.33. The zero-order valence-electron chi connectivity index (χ0n) is 10.2. The zero-order chi connectivity index (χ0) is 13.2. The second kappa shape index (κ2) is 4.65. The normalized spacial score (nSPS) is 9.89. The molecule has 0 aliphatic carbocycles. The molecular formula is C18H9Si. The summed E-state index contributed by atoms with van der Waals surface area (Å²) in [7, 11) is 3.20. The summed E-state index contributed by atoms with van der Waals surface area (Å²) in [6.45, 7) is 0. The van der Waals surface area contributed by atoms with E-state index in [2.05, 4.69) is 51.9 Å². The summed E-state index contributed by atoms with van der Waals surface area (Å²) in [6, 6.07) is 16.5. The van der Waals surface area contributed by atoms with Gasteiger partial charge in [0.15, 0.2) is 0 Å². The molecule has 0 fully saturated rings. The molecule has 0 nitrogen and oxygen atoms in total. The average Bonchev–Trinajstić information content (AvgIpc) is 2.45. The van der Waals surface area contributed by atoms with E-state index >= 15 is 0 Å². The molecule has 0 bridgehead atoms. The van der Waals surface area contributed by atoms with E-state index in [9.17, 15) is 0 Å². The van der Waals surface area contributed by atoms with Gasteiger partial charge in [-0.15, -0.1) is 12.0 Å². The van der Waals surface area contributed by atoms with E-state index in [1.54, 1.807) is 0 Å². The third-order valence-corrected chi connectivity index (χ3v) is 3.36. The maximum absolute atomic E-state index is 5.57. The monoisotopic (exact) mass is 253 g/mol. The van der Waals surface area contributed by atoms with Crippen LogP contribution in [0.25, 0.3) is 21.5 Å². The molecule has 0 aliphatic rings. The molecule has 0 spiro atoms. The van der Waals surface area contributed by atoms with Crippen molar-refractivity contribution in [1.82, 2.24) is 0 Å². The van der Waals surface area contributed by atoms with E-state index < -0.39 is 0 Å². The molecule has 3 radical (unpaired) electrons. The Kier molecular flexibility index (Phi) is 2.84. The van der Waals surface area contributed by atoms with Gasteiger partial charge in [-0.25, -0.2) is 0 Å². The first-order valence-electron chi connectivity index (χ1n) is 5.93. The van der Waals surface area contributed by atoms with Crippen molar-refractivity contribution in [2.45, 2.75) is 0 Å². The summed E-state index contributed by atoms with van der Waals surface area (Å²) >= 11 is 0. The minimum Gasteiger partial charge on any atom is -0.133 e. The molecule has 3 rings (SSSR count). The Morgan fingerprint density at radius 1 is 0.842 bits per heavy atom. The topological polar surface area (TPSA) is 0 Å². The maximum Gasteiger partial charge on any atom is 0.147 e. The average molecular weight is 253 g/mol. The molecule has 0 heterocycles. The second-order valence-electron chi connectivity index (χ2n) is 4.30. The van der Waals surface area contributed by atoms with Crippen molar-refractivity contribution in [3.05, 3.63) is 59.7 Å². The fraction of sp³-hybridized carbons (Fsp3) is 0. The molecule has 3 aromatic carbocycles. The van der Waals surface area contributed by atoms with Gasteiger partial charge in [0.25, 0.3) is 0 Å². The highest BCUT2D eigenvalue weighted by atomic mass is 28.1. The van der Waals surface area contributed by atoms with Crippen LogP contribution >= 0.6 is 0 Å². The SMILES string of the molecule is C#Cc1cccc2cc3cccc(C#C[Si])c3cc12. The molecular weight excluding hydrogens is 244 g/mol. The predicted molar refractivity (Wildman–Crippen MR) is 82.0 cm³/mol. The Bertz CT molecular complexity index is 886. The molecule has 85 valence electrons. The molecule has 0 saturated heterocycles. The number of terminal acetylenes is 1. The number of benzene rings is 3. The smallest absolute Gasteiger partial charge is 0.133 e. The van der Waals surface area contributed by atoms with Gasteiger partial charge in [0.05, 0.1) is 0 Å². The second-order valence-corrected chi connectivity index (χ2v) is 4.55. The molecule has 0 amide bonds. The minimum atomic E-state index is 0.917. The zero-order valence-corrected chi connectivity index (χ0v) is 11.2. The fourth-order valence-corrected chi connectivity index (χ4v) is 2.49. The van der Waals surface area contributed by atoms with E-state index in [-0.39, 0.29) is 0 Å². The van der Waals surface area contributed by atoms with Crippen LogP contribution in [-0.2, 0) is 0 Å². The summed E-state index contributed by atoms with van der Waals surface area (Å²) in [5.41, 5.74) is 4.69. The van der Waals surface area contributed by atoms with Crippen LogP contribution < -0.4 is 0 Å². The van der Waals surface area contributed by atoms with Crippen LogP contribution in [0.1, 0.15) is 11.1 Å². The summed E-state index contributed by atoms with van der Waals surface area (Å²) in [5, 5.41) is 4.56. The molecule has 3 aromatic rings. The van der Waals surface area contributed by atoms with E-state index in [0.29, 0.717) is 0 Å². The Morgan fingerprint density at radius 3 is 2.11 bits per heavy atom.